The minimum absolute atomic E-state index is 0.108. The SMILES string of the molecule is CCCCCCCCCCCCCCCCCCCCCCC(=O)OC[C@H](COP(=O)(O)OC[C@@H](O)COP(=O)(O)OC[C@@H](COC(=O)CCCCCCCCCCCC(C)C)OC(=O)CCCCCCCCCCCCCCCCCC)OC(=O)CCCCCCCCCCCCCCCCCCCCC(C)CC. The molecule has 0 amide bonds. The number of ether oxygens (including phenoxy) is 4. The quantitative estimate of drug-likeness (QED) is 0.0222. The topological polar surface area (TPSA) is 237 Å². The number of carbonyl (C=O) groups excluding carboxylic acids is 4. The molecule has 0 bridgehead atoms. The number of phosphoric ester groups is 2. The molecule has 0 saturated carbocycles. The van der Waals surface area contributed by atoms with Crippen LogP contribution in [-0.4, -0.2) is 96.7 Å². The highest BCUT2D eigenvalue weighted by Crippen LogP contribution is 2.45. The summed E-state index contributed by atoms with van der Waals surface area (Å²) >= 11 is 0. The minimum atomic E-state index is -4.97. The lowest BCUT2D eigenvalue weighted by Crippen LogP contribution is -2.30. The van der Waals surface area contributed by atoms with E-state index in [0.717, 1.165) is 102 Å². The highest BCUT2D eigenvalue weighted by molar-refractivity contribution is 7.47. The second kappa shape index (κ2) is 82.2. The first-order valence-corrected chi connectivity index (χ1v) is 50.0. The number of aliphatic hydroxyl groups excluding tert-OH is 1. The van der Waals surface area contributed by atoms with Crippen LogP contribution in [0.25, 0.3) is 0 Å². The van der Waals surface area contributed by atoms with Gasteiger partial charge in [0.1, 0.15) is 19.3 Å². The molecule has 3 unspecified atom stereocenters. The zero-order valence-electron chi connectivity index (χ0n) is 72.6. The number of rotatable bonds is 90. The number of unbranched alkanes of at least 4 members (excludes halogenated alkanes) is 59. The Hall–Kier alpha value is -1.94. The van der Waals surface area contributed by atoms with Crippen LogP contribution in [0.5, 0.6) is 0 Å². The monoisotopic (exact) mass is 1610 g/mol. The second-order valence-corrected chi connectivity index (χ2v) is 36.3. The molecule has 0 aromatic carbocycles. The standard InChI is InChI=1S/C91H178O17P2/c1-7-10-12-14-16-18-20-22-24-26-27-28-32-36-39-43-49-55-61-67-73-88(93)101-79-86(107-90(95)76-70-64-58-51-45-41-37-33-30-29-31-34-38-42-48-54-60-66-72-84(6)9-3)81-105-109(97,98)103-77-85(92)78-104-110(99,100)106-82-87(80-102-89(94)74-68-62-56-52-46-47-53-59-65-71-83(4)5)108-91(96)75-69-63-57-50-44-40-35-25-23-21-19-17-15-13-11-8-2/h83-87,92H,7-82H2,1-6H3,(H,97,98)(H,99,100)/t84?,85-,86-,87-/m1/s1. The molecule has 654 valence electrons. The van der Waals surface area contributed by atoms with E-state index in [9.17, 15) is 43.2 Å². The fourth-order valence-corrected chi connectivity index (χ4v) is 15.9. The summed E-state index contributed by atoms with van der Waals surface area (Å²) in [6.45, 7) is 9.75. The van der Waals surface area contributed by atoms with E-state index in [2.05, 4.69) is 41.5 Å². The largest absolute Gasteiger partial charge is 0.472 e. The summed E-state index contributed by atoms with van der Waals surface area (Å²) in [6.07, 6.45) is 76.4. The predicted octanol–water partition coefficient (Wildman–Crippen LogP) is 28.2. The van der Waals surface area contributed by atoms with Gasteiger partial charge in [-0.2, -0.15) is 0 Å². The molecule has 0 aliphatic rings. The molecule has 3 N–H and O–H groups in total. The van der Waals surface area contributed by atoms with Gasteiger partial charge in [-0.15, -0.1) is 0 Å². The highest BCUT2D eigenvalue weighted by Gasteiger charge is 2.31. The van der Waals surface area contributed by atoms with E-state index in [4.69, 9.17) is 37.0 Å². The molecule has 19 heteroatoms. The first-order valence-electron chi connectivity index (χ1n) is 47.0. The van der Waals surface area contributed by atoms with Gasteiger partial charge in [-0.05, 0) is 37.5 Å². The van der Waals surface area contributed by atoms with E-state index in [1.165, 1.54) is 308 Å². The van der Waals surface area contributed by atoms with Crippen LogP contribution >= 0.6 is 15.6 Å². The molecule has 0 fully saturated rings. The van der Waals surface area contributed by atoms with E-state index in [-0.39, 0.29) is 25.7 Å². The smallest absolute Gasteiger partial charge is 0.462 e. The van der Waals surface area contributed by atoms with Gasteiger partial charge in [0.2, 0.25) is 0 Å². The molecule has 0 aromatic heterocycles. The third-order valence-corrected chi connectivity index (χ3v) is 23.7. The Labute approximate surface area is 677 Å². The van der Waals surface area contributed by atoms with E-state index in [1.807, 2.05) is 0 Å². The lowest BCUT2D eigenvalue weighted by molar-refractivity contribution is -0.161. The summed E-state index contributed by atoms with van der Waals surface area (Å²) < 4.78 is 69.1. The zero-order chi connectivity index (χ0) is 80.6. The van der Waals surface area contributed by atoms with Gasteiger partial charge in [0.05, 0.1) is 26.4 Å². The third kappa shape index (κ3) is 82.6. The van der Waals surface area contributed by atoms with Crippen molar-refractivity contribution in [2.45, 2.75) is 509 Å². The molecule has 0 aliphatic heterocycles. The summed E-state index contributed by atoms with van der Waals surface area (Å²) in [5.41, 5.74) is 0. The molecule has 0 spiro atoms. The lowest BCUT2D eigenvalue weighted by atomic mass is 9.99. The van der Waals surface area contributed by atoms with Gasteiger partial charge in [0.15, 0.2) is 12.2 Å². The van der Waals surface area contributed by atoms with Crippen LogP contribution in [0.1, 0.15) is 491 Å². The minimum Gasteiger partial charge on any atom is -0.462 e. The Morgan fingerprint density at radius 1 is 0.264 bits per heavy atom. The molecule has 0 radical (unpaired) electrons. The lowest BCUT2D eigenvalue weighted by Gasteiger charge is -2.21. The molecule has 0 rings (SSSR count). The number of hydrogen-bond donors (Lipinski definition) is 3. The van der Waals surface area contributed by atoms with E-state index in [0.29, 0.717) is 25.7 Å². The van der Waals surface area contributed by atoms with Gasteiger partial charge in [-0.25, -0.2) is 9.13 Å². The molecular formula is C91H178O17P2. The van der Waals surface area contributed by atoms with Crippen LogP contribution in [0, 0.1) is 11.8 Å². The van der Waals surface area contributed by atoms with Gasteiger partial charge in [0, 0.05) is 25.7 Å². The zero-order valence-corrected chi connectivity index (χ0v) is 74.4. The summed E-state index contributed by atoms with van der Waals surface area (Å²) in [5.74, 6) is -0.481. The van der Waals surface area contributed by atoms with Gasteiger partial charge < -0.3 is 33.8 Å². The van der Waals surface area contributed by atoms with Crippen molar-refractivity contribution in [2.75, 3.05) is 39.6 Å². The van der Waals surface area contributed by atoms with Crippen molar-refractivity contribution >= 4 is 39.5 Å². The second-order valence-electron chi connectivity index (χ2n) is 33.4. The molecule has 0 aliphatic carbocycles. The number of phosphoric acid groups is 2. The van der Waals surface area contributed by atoms with Crippen molar-refractivity contribution in [3.05, 3.63) is 0 Å². The molecule has 0 saturated heterocycles. The normalized spacial score (nSPS) is 14.0. The summed E-state index contributed by atoms with van der Waals surface area (Å²) in [4.78, 5) is 73.4. The third-order valence-electron chi connectivity index (χ3n) is 21.8. The maximum absolute atomic E-state index is 13.2. The fourth-order valence-electron chi connectivity index (χ4n) is 14.3. The fraction of sp³-hybridized carbons (Fsp3) is 0.956. The Kier molecular flexibility index (Phi) is 80.7. The van der Waals surface area contributed by atoms with Gasteiger partial charge in [-0.3, -0.25) is 37.3 Å². The molecular weight excluding hydrogens is 1430 g/mol. The highest BCUT2D eigenvalue weighted by atomic mass is 31.2. The Balaban J connectivity index is 5.24. The van der Waals surface area contributed by atoms with Gasteiger partial charge >= 0.3 is 39.5 Å². The summed E-state index contributed by atoms with van der Waals surface area (Å²) in [6, 6.07) is 0. The van der Waals surface area contributed by atoms with Crippen LogP contribution in [0.2, 0.25) is 0 Å². The molecule has 0 heterocycles. The van der Waals surface area contributed by atoms with Crippen LogP contribution in [-0.2, 0) is 65.4 Å². The molecule has 110 heavy (non-hydrogen) atoms. The van der Waals surface area contributed by atoms with Crippen molar-refractivity contribution in [3.8, 4) is 0 Å². The van der Waals surface area contributed by atoms with Crippen molar-refractivity contribution < 1.29 is 80.2 Å². The Bertz CT molecular complexity index is 2100. The summed E-state index contributed by atoms with van der Waals surface area (Å²) in [5, 5.41) is 10.7. The number of aliphatic hydroxyl groups is 1. The van der Waals surface area contributed by atoms with Crippen LogP contribution in [0.3, 0.4) is 0 Å². The maximum Gasteiger partial charge on any atom is 0.472 e. The Morgan fingerprint density at radius 3 is 0.691 bits per heavy atom. The van der Waals surface area contributed by atoms with Crippen molar-refractivity contribution in [2.24, 2.45) is 11.8 Å². The number of esters is 4. The Morgan fingerprint density at radius 2 is 0.464 bits per heavy atom. The average molecular weight is 1610 g/mol. The first-order chi connectivity index (χ1) is 53.4. The van der Waals surface area contributed by atoms with Crippen molar-refractivity contribution in [1.29, 1.82) is 0 Å². The average Bonchev–Trinajstić information content (AvgIpc) is 0.897. The van der Waals surface area contributed by atoms with Crippen molar-refractivity contribution in [3.63, 3.8) is 0 Å². The molecule has 6 atom stereocenters. The predicted molar refractivity (Wildman–Crippen MR) is 455 cm³/mol. The van der Waals surface area contributed by atoms with Gasteiger partial charge in [0.25, 0.3) is 0 Å². The van der Waals surface area contributed by atoms with E-state index in [1.54, 1.807) is 0 Å². The van der Waals surface area contributed by atoms with Crippen LogP contribution in [0.15, 0.2) is 0 Å². The first kappa shape index (κ1) is 108. The number of carbonyl (C=O) groups is 4. The van der Waals surface area contributed by atoms with Gasteiger partial charge in [-0.1, -0.05) is 440 Å². The van der Waals surface area contributed by atoms with E-state index < -0.39 is 97.5 Å². The number of hydrogen-bond acceptors (Lipinski definition) is 15. The summed E-state index contributed by atoms with van der Waals surface area (Å²) in [7, 11) is -9.94. The van der Waals surface area contributed by atoms with E-state index >= 15 is 0 Å². The maximum atomic E-state index is 13.2. The van der Waals surface area contributed by atoms with Crippen LogP contribution in [0.4, 0.5) is 0 Å². The molecule has 17 nitrogen and oxygen atoms in total. The molecule has 0 aromatic rings. The van der Waals surface area contributed by atoms with Crippen molar-refractivity contribution in [1.82, 2.24) is 0 Å². The van der Waals surface area contributed by atoms with Crippen LogP contribution < -0.4 is 0 Å².